The first kappa shape index (κ1) is 15.1. The van der Waals surface area contributed by atoms with Crippen molar-refractivity contribution in [2.45, 2.75) is 30.7 Å². The molecule has 0 fully saturated rings. The van der Waals surface area contributed by atoms with Gasteiger partial charge in [-0.05, 0) is 25.5 Å². The molecule has 0 amide bonds. The van der Waals surface area contributed by atoms with E-state index in [0.717, 1.165) is 16.9 Å². The average Bonchev–Trinajstić information content (AvgIpc) is 2.94. The van der Waals surface area contributed by atoms with Crippen LogP contribution in [-0.2, 0) is 23.7 Å². The van der Waals surface area contributed by atoms with Gasteiger partial charge in [-0.25, -0.2) is 13.1 Å². The number of thiophene rings is 1. The van der Waals surface area contributed by atoms with E-state index in [9.17, 15) is 8.42 Å². The van der Waals surface area contributed by atoms with Crippen LogP contribution in [0.15, 0.2) is 16.6 Å². The summed E-state index contributed by atoms with van der Waals surface area (Å²) in [5.41, 5.74) is 0.768. The number of hydrogen-bond acceptors (Lipinski definition) is 6. The molecule has 0 spiro atoms. The molecule has 9 heteroatoms. The first-order valence-electron chi connectivity index (χ1n) is 5.91. The monoisotopic (exact) mass is 316 g/mol. The van der Waals surface area contributed by atoms with Crippen LogP contribution in [0.4, 0.5) is 0 Å². The molecule has 1 atom stereocenters. The molecular weight excluding hydrogens is 300 g/mol. The van der Waals surface area contributed by atoms with Gasteiger partial charge in [-0.3, -0.25) is 0 Å². The predicted octanol–water partition coefficient (Wildman–Crippen LogP) is 0.717. The van der Waals surface area contributed by atoms with Gasteiger partial charge in [0.25, 0.3) is 10.0 Å². The summed E-state index contributed by atoms with van der Waals surface area (Å²) in [4.78, 5) is 0.650. The minimum atomic E-state index is -3.64. The first-order valence-corrected chi connectivity index (χ1v) is 8.21. The van der Waals surface area contributed by atoms with Gasteiger partial charge in [0.1, 0.15) is 16.4 Å². The molecule has 0 aromatic carbocycles. The molecule has 0 radical (unpaired) electrons. The Bertz CT molecular complexity index is 705. The summed E-state index contributed by atoms with van der Waals surface area (Å²) in [6.07, 6.45) is 1.51. The Kier molecular flexibility index (Phi) is 4.23. The summed E-state index contributed by atoms with van der Waals surface area (Å²) < 4.78 is 29.0. The van der Waals surface area contributed by atoms with Gasteiger partial charge < -0.3 is 9.67 Å². The largest absolute Gasteiger partial charge is 0.391 e. The van der Waals surface area contributed by atoms with Crippen molar-refractivity contribution in [2.24, 2.45) is 7.05 Å². The standard InChI is InChI=1S/C11H16N4O3S2/c1-7-4-10(19-9(7)5-16)20(17,18)14-8(2)11-13-12-6-15(11)3/h4,6,8,14,16H,5H2,1-3H3. The van der Waals surface area contributed by atoms with E-state index < -0.39 is 16.1 Å². The maximum atomic E-state index is 12.3. The van der Waals surface area contributed by atoms with E-state index in [-0.39, 0.29) is 10.8 Å². The number of aliphatic hydroxyl groups is 1. The molecular formula is C11H16N4O3S2. The van der Waals surface area contributed by atoms with Crippen LogP contribution < -0.4 is 4.72 Å². The normalized spacial score (nSPS) is 13.6. The Hall–Kier alpha value is -1.29. The lowest BCUT2D eigenvalue weighted by Crippen LogP contribution is -2.28. The minimum absolute atomic E-state index is 0.162. The SMILES string of the molecule is Cc1cc(S(=O)(=O)NC(C)c2nncn2C)sc1CO. The van der Waals surface area contributed by atoms with Crippen LogP contribution >= 0.6 is 11.3 Å². The van der Waals surface area contributed by atoms with Gasteiger partial charge in [0.2, 0.25) is 0 Å². The zero-order valence-corrected chi connectivity index (χ0v) is 13.0. The van der Waals surface area contributed by atoms with Crippen molar-refractivity contribution in [1.29, 1.82) is 0 Å². The maximum absolute atomic E-state index is 12.3. The van der Waals surface area contributed by atoms with Crippen LogP contribution in [0.25, 0.3) is 0 Å². The predicted molar refractivity (Wildman–Crippen MR) is 74.7 cm³/mol. The summed E-state index contributed by atoms with van der Waals surface area (Å²) in [6.45, 7) is 3.31. The van der Waals surface area contributed by atoms with Crippen LogP contribution in [0.3, 0.4) is 0 Å². The van der Waals surface area contributed by atoms with Crippen molar-refractivity contribution in [1.82, 2.24) is 19.5 Å². The molecule has 0 aliphatic carbocycles. The number of hydrogen-bond donors (Lipinski definition) is 2. The topological polar surface area (TPSA) is 97.1 Å². The van der Waals surface area contributed by atoms with Crippen molar-refractivity contribution in [2.75, 3.05) is 0 Å². The minimum Gasteiger partial charge on any atom is -0.391 e. The first-order chi connectivity index (χ1) is 9.35. The van der Waals surface area contributed by atoms with Crippen molar-refractivity contribution in [3.63, 3.8) is 0 Å². The molecule has 0 saturated carbocycles. The van der Waals surface area contributed by atoms with Gasteiger partial charge in [-0.1, -0.05) is 0 Å². The lowest BCUT2D eigenvalue weighted by molar-refractivity contribution is 0.285. The van der Waals surface area contributed by atoms with Crippen LogP contribution in [0.2, 0.25) is 0 Å². The fourth-order valence-electron chi connectivity index (χ4n) is 1.81. The summed E-state index contributed by atoms with van der Waals surface area (Å²) in [7, 11) is -1.89. The van der Waals surface area contributed by atoms with Crippen LogP contribution in [0.1, 0.15) is 29.2 Å². The number of rotatable bonds is 5. The van der Waals surface area contributed by atoms with E-state index in [2.05, 4.69) is 14.9 Å². The van der Waals surface area contributed by atoms with E-state index in [0.29, 0.717) is 10.7 Å². The second-order valence-corrected chi connectivity index (χ2v) is 7.55. The van der Waals surface area contributed by atoms with Gasteiger partial charge in [0.05, 0.1) is 12.6 Å². The number of aliphatic hydroxyl groups excluding tert-OH is 1. The Labute approximate surface area is 121 Å². The van der Waals surface area contributed by atoms with E-state index >= 15 is 0 Å². The molecule has 0 aliphatic heterocycles. The number of aromatic nitrogens is 3. The number of sulfonamides is 1. The molecule has 7 nitrogen and oxygen atoms in total. The molecule has 2 aromatic heterocycles. The molecule has 20 heavy (non-hydrogen) atoms. The van der Waals surface area contributed by atoms with Gasteiger partial charge >= 0.3 is 0 Å². The van der Waals surface area contributed by atoms with Crippen molar-refractivity contribution >= 4 is 21.4 Å². The smallest absolute Gasteiger partial charge is 0.250 e. The zero-order valence-electron chi connectivity index (χ0n) is 11.4. The summed E-state index contributed by atoms with van der Waals surface area (Å²) >= 11 is 1.07. The molecule has 110 valence electrons. The third-order valence-corrected chi connectivity index (χ3v) is 6.11. The Balaban J connectivity index is 2.25. The highest BCUT2D eigenvalue weighted by atomic mass is 32.2. The Morgan fingerprint density at radius 2 is 2.25 bits per heavy atom. The number of aryl methyl sites for hydroxylation is 2. The molecule has 0 bridgehead atoms. The second-order valence-electron chi connectivity index (χ2n) is 4.47. The van der Waals surface area contributed by atoms with Crippen molar-refractivity contribution in [3.05, 3.63) is 28.7 Å². The highest BCUT2D eigenvalue weighted by Gasteiger charge is 2.23. The highest BCUT2D eigenvalue weighted by Crippen LogP contribution is 2.27. The highest BCUT2D eigenvalue weighted by molar-refractivity contribution is 7.91. The van der Waals surface area contributed by atoms with Crippen molar-refractivity contribution in [3.8, 4) is 0 Å². The molecule has 2 aromatic rings. The molecule has 2 heterocycles. The Morgan fingerprint density at radius 1 is 1.55 bits per heavy atom. The lowest BCUT2D eigenvalue weighted by atomic mass is 10.3. The number of nitrogens with zero attached hydrogens (tertiary/aromatic N) is 3. The van der Waals surface area contributed by atoms with E-state index in [1.807, 2.05) is 0 Å². The summed E-state index contributed by atoms with van der Waals surface area (Å²) in [5.74, 6) is 0.532. The fraction of sp³-hybridized carbons (Fsp3) is 0.455. The van der Waals surface area contributed by atoms with Gasteiger partial charge in [0, 0.05) is 11.9 Å². The summed E-state index contributed by atoms with van der Waals surface area (Å²) in [5, 5.41) is 16.7. The molecule has 0 aliphatic rings. The molecule has 1 unspecified atom stereocenters. The molecule has 2 rings (SSSR count). The average molecular weight is 316 g/mol. The quantitative estimate of drug-likeness (QED) is 0.847. The van der Waals surface area contributed by atoms with E-state index in [4.69, 9.17) is 5.11 Å². The third kappa shape index (κ3) is 2.90. The van der Waals surface area contributed by atoms with Crippen LogP contribution in [-0.4, -0.2) is 28.3 Å². The molecule has 0 saturated heterocycles. The molecule has 2 N–H and O–H groups in total. The van der Waals surface area contributed by atoms with Gasteiger partial charge in [-0.2, -0.15) is 0 Å². The van der Waals surface area contributed by atoms with Crippen LogP contribution in [0.5, 0.6) is 0 Å². The fourth-order valence-corrected chi connectivity index (χ4v) is 4.47. The van der Waals surface area contributed by atoms with Crippen LogP contribution in [0, 0.1) is 6.92 Å². The maximum Gasteiger partial charge on any atom is 0.250 e. The second kappa shape index (κ2) is 5.60. The van der Waals surface area contributed by atoms with E-state index in [1.54, 1.807) is 31.5 Å². The third-order valence-electron chi connectivity index (χ3n) is 2.87. The number of nitrogens with one attached hydrogen (secondary N) is 1. The van der Waals surface area contributed by atoms with Gasteiger partial charge in [-0.15, -0.1) is 21.5 Å². The van der Waals surface area contributed by atoms with Gasteiger partial charge in [0.15, 0.2) is 0 Å². The Morgan fingerprint density at radius 3 is 2.75 bits per heavy atom. The zero-order chi connectivity index (χ0) is 14.9. The van der Waals surface area contributed by atoms with Crippen molar-refractivity contribution < 1.29 is 13.5 Å². The summed E-state index contributed by atoms with van der Waals surface area (Å²) in [6, 6.07) is 1.06. The van der Waals surface area contributed by atoms with E-state index in [1.165, 1.54) is 6.33 Å². The lowest BCUT2D eigenvalue weighted by Gasteiger charge is -2.12.